The Hall–Kier alpha value is -5.20. The molecule has 0 saturated carbocycles. The maximum Gasteiger partial charge on any atom is 0.471 e. The van der Waals surface area contributed by atoms with Gasteiger partial charge in [-0.15, -0.1) is 0 Å². The Morgan fingerprint density at radius 3 is 1.40 bits per heavy atom. The van der Waals surface area contributed by atoms with Gasteiger partial charge in [0.15, 0.2) is 11.6 Å². The molecular formula is C32H33F3N6O7S2. The predicted molar refractivity (Wildman–Crippen MR) is 180 cm³/mol. The van der Waals surface area contributed by atoms with Gasteiger partial charge >= 0.3 is 12.1 Å². The third-order valence-corrected chi connectivity index (χ3v) is 8.93. The number of anilines is 2. The van der Waals surface area contributed by atoms with E-state index in [-0.39, 0.29) is 31.0 Å². The average molecular weight is 735 g/mol. The van der Waals surface area contributed by atoms with Gasteiger partial charge in [0, 0.05) is 23.5 Å². The maximum atomic E-state index is 12.1. The van der Waals surface area contributed by atoms with Gasteiger partial charge in [0.2, 0.25) is 20.0 Å². The van der Waals surface area contributed by atoms with Crippen LogP contribution in [0.25, 0.3) is 0 Å². The van der Waals surface area contributed by atoms with Gasteiger partial charge in [-0.1, -0.05) is 36.4 Å². The van der Waals surface area contributed by atoms with Crippen molar-refractivity contribution in [2.24, 2.45) is 5.73 Å². The highest BCUT2D eigenvalue weighted by atomic mass is 32.2. The second-order valence-electron chi connectivity index (χ2n) is 10.5. The van der Waals surface area contributed by atoms with Crippen LogP contribution in [0.15, 0.2) is 97.3 Å². The van der Waals surface area contributed by atoms with Gasteiger partial charge in [-0.05, 0) is 48.5 Å². The lowest BCUT2D eigenvalue weighted by Crippen LogP contribution is -2.39. The second kappa shape index (κ2) is 17.0. The molecule has 0 aliphatic rings. The highest BCUT2D eigenvalue weighted by molar-refractivity contribution is 7.92. The van der Waals surface area contributed by atoms with Crippen LogP contribution >= 0.6 is 0 Å². The molecular weight excluding hydrogens is 702 g/mol. The van der Waals surface area contributed by atoms with Crippen LogP contribution in [0.1, 0.15) is 32.1 Å². The lowest BCUT2D eigenvalue weighted by Gasteiger charge is -2.22. The topological polar surface area (TPSA) is 190 Å². The van der Waals surface area contributed by atoms with Gasteiger partial charge in [-0.25, -0.2) is 16.8 Å². The normalized spacial score (nSPS) is 11.5. The van der Waals surface area contributed by atoms with Crippen molar-refractivity contribution in [2.75, 3.05) is 34.2 Å². The Morgan fingerprint density at radius 1 is 0.680 bits per heavy atom. The predicted octanol–water partition coefficient (Wildman–Crippen LogP) is 3.10. The van der Waals surface area contributed by atoms with Crippen molar-refractivity contribution in [3.63, 3.8) is 0 Å². The zero-order chi connectivity index (χ0) is 37.1. The van der Waals surface area contributed by atoms with Crippen molar-refractivity contribution in [3.8, 4) is 0 Å². The third-order valence-electron chi connectivity index (χ3n) is 6.65. The molecule has 0 spiro atoms. The number of Topliss-reactive ketones (excluding diaryl/α,β-unsaturated/α-hetero) is 2. The molecule has 2 aromatic carbocycles. The van der Waals surface area contributed by atoms with Gasteiger partial charge in [0.05, 0.1) is 61.5 Å². The molecule has 4 rings (SSSR count). The molecule has 2 aromatic heterocycles. The molecule has 0 aliphatic carbocycles. The molecule has 1 amide bonds. The van der Waals surface area contributed by atoms with Crippen LogP contribution in [0.4, 0.5) is 24.5 Å². The number of benzene rings is 2. The number of halogens is 3. The van der Waals surface area contributed by atoms with Crippen LogP contribution in [0.5, 0.6) is 0 Å². The zero-order valence-electron chi connectivity index (χ0n) is 26.7. The number of carbonyl (C=O) groups is 3. The maximum absolute atomic E-state index is 12.1. The molecule has 0 unspecified atom stereocenters. The summed E-state index contributed by atoms with van der Waals surface area (Å²) in [6, 6.07) is 23.0. The fraction of sp³-hybridized carbons (Fsp3) is 0.219. The number of nitrogens with zero attached hydrogens (tertiary/aromatic N) is 4. The van der Waals surface area contributed by atoms with Crippen molar-refractivity contribution in [1.29, 1.82) is 0 Å². The molecule has 2 heterocycles. The van der Waals surface area contributed by atoms with Crippen LogP contribution in [0, 0.1) is 0 Å². The van der Waals surface area contributed by atoms with Crippen molar-refractivity contribution < 1.29 is 44.4 Å². The molecule has 0 bridgehead atoms. The van der Waals surface area contributed by atoms with E-state index >= 15 is 0 Å². The first kappa shape index (κ1) is 39.2. The van der Waals surface area contributed by atoms with E-state index in [1.165, 1.54) is 28.0 Å². The summed E-state index contributed by atoms with van der Waals surface area (Å²) in [5.74, 6) is -3.18. The van der Waals surface area contributed by atoms with Crippen LogP contribution < -0.4 is 19.7 Å². The molecule has 3 N–H and O–H groups in total. The number of ketones is 2. The van der Waals surface area contributed by atoms with E-state index in [2.05, 4.69) is 9.97 Å². The van der Waals surface area contributed by atoms with E-state index in [1.54, 1.807) is 66.7 Å². The molecule has 0 radical (unpaired) electrons. The number of rotatable bonds is 13. The smallest absolute Gasteiger partial charge is 0.341 e. The summed E-state index contributed by atoms with van der Waals surface area (Å²) in [5, 5.41) is 1.48. The van der Waals surface area contributed by atoms with Crippen molar-refractivity contribution >= 4 is 48.9 Å². The third kappa shape index (κ3) is 11.7. The van der Waals surface area contributed by atoms with Crippen LogP contribution in [-0.2, 0) is 37.9 Å². The number of aromatic nitrogens is 2. The molecule has 0 fully saturated rings. The quantitative estimate of drug-likeness (QED) is 0.193. The fourth-order valence-corrected chi connectivity index (χ4v) is 5.87. The van der Waals surface area contributed by atoms with Gasteiger partial charge in [0.1, 0.15) is 0 Å². The number of alkyl halides is 3. The van der Waals surface area contributed by atoms with Gasteiger partial charge in [-0.3, -0.25) is 33.0 Å². The molecule has 0 aliphatic heterocycles. The minimum Gasteiger partial charge on any atom is -0.341 e. The van der Waals surface area contributed by atoms with E-state index < -0.39 is 44.5 Å². The molecule has 18 heteroatoms. The summed E-state index contributed by atoms with van der Waals surface area (Å²) >= 11 is 0. The van der Waals surface area contributed by atoms with E-state index in [9.17, 15) is 44.4 Å². The summed E-state index contributed by atoms with van der Waals surface area (Å²) in [7, 11) is -7.04. The monoisotopic (exact) mass is 734 g/mol. The van der Waals surface area contributed by atoms with Crippen molar-refractivity contribution in [1.82, 2.24) is 15.3 Å². The number of amides is 1. The van der Waals surface area contributed by atoms with Gasteiger partial charge in [-0.2, -0.15) is 13.2 Å². The first-order chi connectivity index (χ1) is 23.4. The number of carbonyl (C=O) groups excluding carboxylic acids is 3. The fourth-order valence-electron chi connectivity index (χ4n) is 4.13. The Morgan fingerprint density at radius 2 is 1.08 bits per heavy atom. The van der Waals surface area contributed by atoms with Crippen LogP contribution in [0.2, 0.25) is 0 Å². The summed E-state index contributed by atoms with van der Waals surface area (Å²) in [6.45, 7) is -0.915. The lowest BCUT2D eigenvalue weighted by molar-refractivity contribution is -0.173. The Labute approximate surface area is 287 Å². The largest absolute Gasteiger partial charge is 0.471 e. The number of para-hydroxylation sites is 2. The molecule has 0 saturated heterocycles. The molecule has 4 aromatic rings. The van der Waals surface area contributed by atoms with Crippen LogP contribution in [0.3, 0.4) is 0 Å². The Kier molecular flexibility index (Phi) is 13.3. The van der Waals surface area contributed by atoms with E-state index in [0.717, 1.165) is 23.0 Å². The molecule has 0 atom stereocenters. The van der Waals surface area contributed by atoms with E-state index in [4.69, 9.17) is 5.73 Å². The lowest BCUT2D eigenvalue weighted by atomic mass is 10.1. The minimum absolute atomic E-state index is 0.0168. The number of sulfonamides is 2. The van der Waals surface area contributed by atoms with Crippen molar-refractivity contribution in [2.45, 2.75) is 19.3 Å². The summed E-state index contributed by atoms with van der Waals surface area (Å²) in [5.41, 5.74) is 7.55. The Balaban J connectivity index is 0.000000278. The van der Waals surface area contributed by atoms with Gasteiger partial charge < -0.3 is 11.1 Å². The summed E-state index contributed by atoms with van der Waals surface area (Å²) in [4.78, 5) is 42.2. The highest BCUT2D eigenvalue weighted by Gasteiger charge is 2.38. The zero-order valence-corrected chi connectivity index (χ0v) is 28.4. The highest BCUT2D eigenvalue weighted by Crippen LogP contribution is 2.21. The first-order valence-electron chi connectivity index (χ1n) is 14.5. The van der Waals surface area contributed by atoms with Crippen LogP contribution in [-0.4, -0.2) is 76.1 Å². The number of hydrogen-bond donors (Lipinski definition) is 2. The minimum atomic E-state index is -5.07. The average Bonchev–Trinajstić information content (AvgIpc) is 3.08. The standard InChI is InChI=1S/C17H16F3N3O4S.C15H17N3O3S/c1-28(26,27)23(14-5-3-2-4-6-14)11-13-8-7-12(9-21-13)15(24)10-22-16(25)17(18,19)20;1-22(20,21)18(14-5-3-2-4-6-14)11-13-8-7-12(10-17-13)15(19)9-16/h2-9H,10-11H2,1H3,(H,22,25);2-8,10H,9,11,16H2,1H3. The molecule has 266 valence electrons. The molecule has 50 heavy (non-hydrogen) atoms. The Bertz CT molecular complexity index is 1980. The van der Waals surface area contributed by atoms with E-state index in [1.807, 2.05) is 6.07 Å². The van der Waals surface area contributed by atoms with Gasteiger partial charge in [0.25, 0.3) is 0 Å². The molecule has 13 nitrogen and oxygen atoms in total. The number of hydrogen-bond acceptors (Lipinski definition) is 10. The number of nitrogens with one attached hydrogen (secondary N) is 1. The SMILES string of the molecule is CS(=O)(=O)N(Cc1ccc(C(=O)CN)cn1)c1ccccc1.CS(=O)(=O)N(Cc1ccc(C(=O)CNC(=O)C(F)(F)F)cn1)c1ccccc1. The van der Waals surface area contributed by atoms with Crippen molar-refractivity contribution in [3.05, 3.63) is 120 Å². The summed E-state index contributed by atoms with van der Waals surface area (Å²) < 4.78 is 86.8. The second-order valence-corrected chi connectivity index (χ2v) is 14.3. The summed E-state index contributed by atoms with van der Waals surface area (Å²) in [6.07, 6.45) is -0.360. The first-order valence-corrected chi connectivity index (χ1v) is 18.2. The number of pyridine rings is 2. The number of nitrogens with two attached hydrogens (primary N) is 1. The van der Waals surface area contributed by atoms with E-state index in [0.29, 0.717) is 28.3 Å².